The summed E-state index contributed by atoms with van der Waals surface area (Å²) in [7, 11) is 0. The Morgan fingerprint density at radius 1 is 1.19 bits per heavy atom. The van der Waals surface area contributed by atoms with Gasteiger partial charge in [0.15, 0.2) is 0 Å². The Hall–Kier alpha value is -3.09. The zero-order valence-electron chi connectivity index (χ0n) is 14.0. The number of fused-ring (bicyclic) bond motifs is 2. The van der Waals surface area contributed by atoms with E-state index in [1.54, 1.807) is 18.7 Å². The van der Waals surface area contributed by atoms with Gasteiger partial charge in [0, 0.05) is 34.9 Å². The fourth-order valence-corrected chi connectivity index (χ4v) is 3.36. The number of hydrogen-bond acceptors (Lipinski definition) is 5. The van der Waals surface area contributed by atoms with Gasteiger partial charge in [0.1, 0.15) is 17.6 Å². The molecule has 0 saturated heterocycles. The zero-order valence-corrected chi connectivity index (χ0v) is 14.0. The monoisotopic (exact) mass is 348 g/mol. The van der Waals surface area contributed by atoms with Gasteiger partial charge in [-0.2, -0.15) is 4.98 Å². The lowest BCUT2D eigenvalue weighted by Crippen LogP contribution is -2.39. The molecule has 3 heterocycles. The first kappa shape index (κ1) is 15.2. The lowest BCUT2D eigenvalue weighted by Gasteiger charge is -2.33. The molecule has 0 amide bonds. The van der Waals surface area contributed by atoms with E-state index in [-0.39, 0.29) is 6.54 Å². The van der Waals surface area contributed by atoms with Gasteiger partial charge in [-0.3, -0.25) is 0 Å². The Morgan fingerprint density at radius 2 is 2.12 bits per heavy atom. The molecule has 6 nitrogen and oxygen atoms in total. The quantitative estimate of drug-likeness (QED) is 0.585. The molecule has 130 valence electrons. The first-order valence-electron chi connectivity index (χ1n) is 8.67. The van der Waals surface area contributed by atoms with Crippen molar-refractivity contribution in [2.24, 2.45) is 0 Å². The normalized spacial score (nSPS) is 15.9. The first-order valence-corrected chi connectivity index (χ1v) is 8.67. The van der Waals surface area contributed by atoms with Crippen LogP contribution in [-0.2, 0) is 0 Å². The minimum atomic E-state index is -1.10. The summed E-state index contributed by atoms with van der Waals surface area (Å²) in [6.07, 6.45) is 9.20. The Bertz CT molecular complexity index is 1100. The van der Waals surface area contributed by atoms with Crippen molar-refractivity contribution >= 4 is 27.9 Å². The summed E-state index contributed by atoms with van der Waals surface area (Å²) in [5.74, 6) is 0.446. The van der Waals surface area contributed by atoms with Gasteiger partial charge in [0.25, 0.3) is 0 Å². The van der Waals surface area contributed by atoms with E-state index in [1.165, 1.54) is 0 Å². The summed E-state index contributed by atoms with van der Waals surface area (Å²) in [6, 6.07) is 6.04. The van der Waals surface area contributed by atoms with E-state index in [0.29, 0.717) is 18.8 Å². The van der Waals surface area contributed by atoms with Crippen molar-refractivity contribution < 1.29 is 4.39 Å². The van der Waals surface area contributed by atoms with E-state index < -0.39 is 5.67 Å². The second-order valence-corrected chi connectivity index (χ2v) is 6.81. The Labute approximate surface area is 148 Å². The summed E-state index contributed by atoms with van der Waals surface area (Å²) in [4.78, 5) is 20.3. The van der Waals surface area contributed by atoms with Gasteiger partial charge in [-0.25, -0.2) is 19.3 Å². The molecule has 1 fully saturated rings. The van der Waals surface area contributed by atoms with Crippen LogP contribution in [0.1, 0.15) is 19.3 Å². The van der Waals surface area contributed by atoms with Crippen LogP contribution in [0.15, 0.2) is 43.1 Å². The number of aromatic nitrogens is 5. The topological polar surface area (TPSA) is 79.4 Å². The summed E-state index contributed by atoms with van der Waals surface area (Å²) < 4.78 is 14.1. The minimum absolute atomic E-state index is 0.261. The number of halogens is 1. The highest BCUT2D eigenvalue weighted by molar-refractivity contribution is 5.96. The molecule has 3 aromatic heterocycles. The highest BCUT2D eigenvalue weighted by atomic mass is 19.1. The van der Waals surface area contributed by atoms with Gasteiger partial charge in [-0.1, -0.05) is 6.07 Å². The molecule has 0 bridgehead atoms. The third kappa shape index (κ3) is 2.56. The number of rotatable bonds is 4. The maximum atomic E-state index is 14.1. The average Bonchev–Trinajstić information content (AvgIpc) is 3.07. The molecular formula is C19H17FN6. The fourth-order valence-electron chi connectivity index (χ4n) is 3.36. The third-order valence-electron chi connectivity index (χ3n) is 5.06. The van der Waals surface area contributed by atoms with Gasteiger partial charge in [0.05, 0.1) is 12.1 Å². The van der Waals surface area contributed by atoms with Crippen molar-refractivity contribution in [1.82, 2.24) is 24.9 Å². The van der Waals surface area contributed by atoms with Crippen molar-refractivity contribution in [1.29, 1.82) is 0 Å². The van der Waals surface area contributed by atoms with Crippen molar-refractivity contribution in [2.45, 2.75) is 24.9 Å². The number of benzene rings is 1. The Morgan fingerprint density at radius 3 is 2.96 bits per heavy atom. The molecule has 5 rings (SSSR count). The van der Waals surface area contributed by atoms with Gasteiger partial charge in [-0.05, 0) is 37.0 Å². The van der Waals surface area contributed by atoms with Gasteiger partial charge < -0.3 is 10.3 Å². The van der Waals surface area contributed by atoms with E-state index in [9.17, 15) is 4.39 Å². The molecule has 7 heteroatoms. The van der Waals surface area contributed by atoms with Crippen molar-refractivity contribution in [2.75, 3.05) is 11.9 Å². The zero-order chi connectivity index (χ0) is 17.6. The van der Waals surface area contributed by atoms with Gasteiger partial charge in [0.2, 0.25) is 5.95 Å². The lowest BCUT2D eigenvalue weighted by atomic mass is 9.82. The number of alkyl halides is 1. The van der Waals surface area contributed by atoms with E-state index in [0.717, 1.165) is 39.5 Å². The predicted molar refractivity (Wildman–Crippen MR) is 98.6 cm³/mol. The van der Waals surface area contributed by atoms with Gasteiger partial charge in [-0.15, -0.1) is 0 Å². The van der Waals surface area contributed by atoms with Crippen LogP contribution in [-0.4, -0.2) is 37.1 Å². The largest absolute Gasteiger partial charge is 0.351 e. The second kappa shape index (κ2) is 5.72. The molecule has 2 N–H and O–H groups in total. The summed E-state index contributed by atoms with van der Waals surface area (Å²) in [5.41, 5.74) is 2.58. The van der Waals surface area contributed by atoms with Crippen LogP contribution in [0.3, 0.4) is 0 Å². The Kier molecular flexibility index (Phi) is 3.34. The van der Waals surface area contributed by atoms with Crippen molar-refractivity contribution in [3.05, 3.63) is 43.1 Å². The van der Waals surface area contributed by atoms with Crippen molar-refractivity contribution in [3.8, 4) is 11.1 Å². The standard InChI is InChI=1S/C19H17FN6/c20-19(4-1-5-19)10-24-18-23-9-15-14(8-22-17(15)26-18)12-2-3-16-13(6-12)7-21-11-25-16/h2-3,6-9,11H,1,4-5,10H2,(H2,22,23,24,26). The summed E-state index contributed by atoms with van der Waals surface area (Å²) in [6.45, 7) is 0.261. The van der Waals surface area contributed by atoms with Gasteiger partial charge >= 0.3 is 0 Å². The fraction of sp³-hybridized carbons (Fsp3) is 0.263. The smallest absolute Gasteiger partial charge is 0.224 e. The maximum Gasteiger partial charge on any atom is 0.224 e. The molecule has 0 aliphatic heterocycles. The van der Waals surface area contributed by atoms with E-state index >= 15 is 0 Å². The van der Waals surface area contributed by atoms with Crippen molar-refractivity contribution in [3.63, 3.8) is 0 Å². The number of nitrogens with one attached hydrogen (secondary N) is 2. The molecule has 0 radical (unpaired) electrons. The molecule has 4 aromatic rings. The molecule has 1 aliphatic rings. The van der Waals surface area contributed by atoms with Crippen LogP contribution in [0.4, 0.5) is 10.3 Å². The molecular weight excluding hydrogens is 331 g/mol. The summed E-state index contributed by atoms with van der Waals surface area (Å²) in [5, 5.41) is 4.92. The van der Waals surface area contributed by atoms with Crippen LogP contribution in [0.5, 0.6) is 0 Å². The van der Waals surface area contributed by atoms with Crippen LogP contribution in [0.2, 0.25) is 0 Å². The highest BCUT2D eigenvalue weighted by Gasteiger charge is 2.36. The SMILES string of the molecule is FC1(CNc2ncc3c(-c4ccc5ncncc5c4)c[nH]c3n2)CCC1. The number of hydrogen-bond donors (Lipinski definition) is 2. The molecule has 1 aliphatic carbocycles. The number of H-pyrrole nitrogens is 1. The number of anilines is 1. The van der Waals surface area contributed by atoms with Crippen LogP contribution in [0.25, 0.3) is 33.1 Å². The molecule has 0 spiro atoms. The summed E-state index contributed by atoms with van der Waals surface area (Å²) >= 11 is 0. The van der Waals surface area contributed by atoms with E-state index in [4.69, 9.17) is 0 Å². The molecule has 0 atom stereocenters. The average molecular weight is 348 g/mol. The third-order valence-corrected chi connectivity index (χ3v) is 5.06. The molecule has 1 aromatic carbocycles. The number of nitrogens with zero attached hydrogens (tertiary/aromatic N) is 4. The van der Waals surface area contributed by atoms with E-state index in [1.807, 2.05) is 24.4 Å². The molecule has 0 unspecified atom stereocenters. The number of aromatic amines is 1. The predicted octanol–water partition coefficient (Wildman–Crippen LogP) is 3.87. The lowest BCUT2D eigenvalue weighted by molar-refractivity contribution is 0.0782. The first-order chi connectivity index (χ1) is 12.7. The minimum Gasteiger partial charge on any atom is -0.351 e. The van der Waals surface area contributed by atoms with Crippen LogP contribution >= 0.6 is 0 Å². The second-order valence-electron chi connectivity index (χ2n) is 6.81. The van der Waals surface area contributed by atoms with Crippen LogP contribution < -0.4 is 5.32 Å². The molecule has 1 saturated carbocycles. The highest BCUT2D eigenvalue weighted by Crippen LogP contribution is 2.35. The van der Waals surface area contributed by atoms with Crippen LogP contribution in [0, 0.1) is 0 Å². The maximum absolute atomic E-state index is 14.1. The Balaban J connectivity index is 1.46. The molecule has 26 heavy (non-hydrogen) atoms. The van der Waals surface area contributed by atoms with E-state index in [2.05, 4.69) is 30.2 Å².